The molecule has 1 aromatic heterocycles. The van der Waals surface area contributed by atoms with Crippen molar-refractivity contribution >= 4 is 34.1 Å². The molecule has 1 aromatic carbocycles. The molecular formula is C16H22N4S. The molecule has 0 aliphatic carbocycles. The molecule has 0 amide bonds. The molecule has 112 valence electrons. The summed E-state index contributed by atoms with van der Waals surface area (Å²) in [5, 5.41) is 0. The van der Waals surface area contributed by atoms with Gasteiger partial charge < -0.3 is 10.6 Å². The topological polar surface area (TPSA) is 55.0 Å². The van der Waals surface area contributed by atoms with Crippen LogP contribution in [0.25, 0.3) is 11.0 Å². The Balaban J connectivity index is 2.37. The lowest BCUT2D eigenvalue weighted by molar-refractivity contribution is 0.608. The van der Waals surface area contributed by atoms with Crippen LogP contribution in [0.1, 0.15) is 26.0 Å². The highest BCUT2D eigenvalue weighted by Gasteiger charge is 2.15. The van der Waals surface area contributed by atoms with Gasteiger partial charge in [0.15, 0.2) is 5.82 Å². The number of nitrogens with two attached hydrogens (primary N) is 1. The molecule has 0 saturated heterocycles. The molecule has 0 spiro atoms. The molecule has 2 aromatic rings. The van der Waals surface area contributed by atoms with E-state index in [-0.39, 0.29) is 0 Å². The lowest BCUT2D eigenvalue weighted by Crippen LogP contribution is -2.32. The fourth-order valence-electron chi connectivity index (χ4n) is 2.35. The standard InChI is InChI=1S/C16H22N4S/c1-11(2)10-20(9-8-15(17)21)16-12(3)18-13-6-4-5-7-14(13)19-16/h4-7,11H,8-10H2,1-3H3,(H2,17,21). The van der Waals surface area contributed by atoms with Crippen molar-refractivity contribution in [3.05, 3.63) is 30.0 Å². The molecule has 0 aliphatic heterocycles. The Hall–Kier alpha value is -1.75. The second kappa shape index (κ2) is 6.80. The van der Waals surface area contributed by atoms with Gasteiger partial charge in [0.1, 0.15) is 0 Å². The summed E-state index contributed by atoms with van der Waals surface area (Å²) in [6.07, 6.45) is 0.690. The third-order valence-corrected chi connectivity index (χ3v) is 3.44. The smallest absolute Gasteiger partial charge is 0.150 e. The Morgan fingerprint density at radius 3 is 2.43 bits per heavy atom. The zero-order valence-corrected chi connectivity index (χ0v) is 13.7. The molecule has 1 heterocycles. The highest BCUT2D eigenvalue weighted by Crippen LogP contribution is 2.21. The van der Waals surface area contributed by atoms with Gasteiger partial charge in [0.05, 0.1) is 21.7 Å². The van der Waals surface area contributed by atoms with Crippen LogP contribution in [-0.4, -0.2) is 28.0 Å². The average Bonchev–Trinajstić information content (AvgIpc) is 2.42. The first-order valence-electron chi connectivity index (χ1n) is 7.24. The molecule has 0 fully saturated rings. The van der Waals surface area contributed by atoms with E-state index in [1.165, 1.54) is 0 Å². The quantitative estimate of drug-likeness (QED) is 0.831. The summed E-state index contributed by atoms with van der Waals surface area (Å²) in [6.45, 7) is 8.08. The van der Waals surface area contributed by atoms with Gasteiger partial charge in [-0.3, -0.25) is 0 Å². The number of fused-ring (bicyclic) bond motifs is 1. The van der Waals surface area contributed by atoms with Crippen molar-refractivity contribution in [1.29, 1.82) is 0 Å². The van der Waals surface area contributed by atoms with E-state index in [1.807, 2.05) is 31.2 Å². The lowest BCUT2D eigenvalue weighted by Gasteiger charge is -2.26. The van der Waals surface area contributed by atoms with Crippen LogP contribution < -0.4 is 10.6 Å². The van der Waals surface area contributed by atoms with Crippen LogP contribution >= 0.6 is 12.2 Å². The van der Waals surface area contributed by atoms with Gasteiger partial charge >= 0.3 is 0 Å². The molecular weight excluding hydrogens is 280 g/mol. The molecule has 0 bridgehead atoms. The van der Waals surface area contributed by atoms with Crippen LogP contribution in [0.4, 0.5) is 5.82 Å². The summed E-state index contributed by atoms with van der Waals surface area (Å²) in [4.78, 5) is 12.2. The molecule has 4 nitrogen and oxygen atoms in total. The van der Waals surface area contributed by atoms with Crippen molar-refractivity contribution in [3.63, 3.8) is 0 Å². The zero-order valence-electron chi connectivity index (χ0n) is 12.8. The second-order valence-electron chi connectivity index (χ2n) is 5.68. The molecule has 0 saturated carbocycles. The summed E-state index contributed by atoms with van der Waals surface area (Å²) in [5.41, 5.74) is 8.44. The first kappa shape index (κ1) is 15.6. The largest absolute Gasteiger partial charge is 0.393 e. The number of benzene rings is 1. The SMILES string of the molecule is Cc1nc2ccccc2nc1N(CCC(N)=S)CC(C)C. The zero-order chi connectivity index (χ0) is 15.4. The summed E-state index contributed by atoms with van der Waals surface area (Å²) in [7, 11) is 0. The average molecular weight is 302 g/mol. The second-order valence-corrected chi connectivity index (χ2v) is 6.20. The molecule has 0 radical (unpaired) electrons. The van der Waals surface area contributed by atoms with Crippen molar-refractivity contribution < 1.29 is 0 Å². The van der Waals surface area contributed by atoms with Gasteiger partial charge in [-0.1, -0.05) is 38.2 Å². The minimum atomic E-state index is 0.531. The first-order valence-corrected chi connectivity index (χ1v) is 7.65. The lowest BCUT2D eigenvalue weighted by atomic mass is 10.2. The molecule has 21 heavy (non-hydrogen) atoms. The number of anilines is 1. The van der Waals surface area contributed by atoms with Crippen LogP contribution in [0, 0.1) is 12.8 Å². The van der Waals surface area contributed by atoms with Crippen molar-refractivity contribution in [2.75, 3.05) is 18.0 Å². The van der Waals surface area contributed by atoms with Gasteiger partial charge in [-0.05, 0) is 25.0 Å². The van der Waals surface area contributed by atoms with Gasteiger partial charge in [-0.15, -0.1) is 0 Å². The Bertz CT molecular complexity index is 639. The molecule has 0 unspecified atom stereocenters. The normalized spacial score (nSPS) is 11.0. The molecule has 0 aliphatic rings. The summed E-state index contributed by atoms with van der Waals surface area (Å²) < 4.78 is 0. The summed E-state index contributed by atoms with van der Waals surface area (Å²) in [5.74, 6) is 1.46. The number of aryl methyl sites for hydroxylation is 1. The fourth-order valence-corrected chi connectivity index (χ4v) is 2.44. The predicted octanol–water partition coefficient (Wildman–Crippen LogP) is 3.08. The fraction of sp³-hybridized carbons (Fsp3) is 0.438. The number of thiocarbonyl (C=S) groups is 1. The number of rotatable bonds is 6. The summed E-state index contributed by atoms with van der Waals surface area (Å²) in [6, 6.07) is 7.94. The molecule has 5 heteroatoms. The van der Waals surface area contributed by atoms with Crippen LogP contribution in [0.3, 0.4) is 0 Å². The Kier molecular flexibility index (Phi) is 5.07. The van der Waals surface area contributed by atoms with Crippen LogP contribution in [0.2, 0.25) is 0 Å². The van der Waals surface area contributed by atoms with Crippen molar-refractivity contribution in [2.24, 2.45) is 11.7 Å². The number of hydrogen-bond donors (Lipinski definition) is 1. The van der Waals surface area contributed by atoms with E-state index >= 15 is 0 Å². The van der Waals surface area contributed by atoms with Crippen molar-refractivity contribution in [3.8, 4) is 0 Å². The Morgan fingerprint density at radius 2 is 1.86 bits per heavy atom. The Labute approximate surface area is 131 Å². The molecule has 2 rings (SSSR count). The monoisotopic (exact) mass is 302 g/mol. The molecule has 0 atom stereocenters. The minimum absolute atomic E-state index is 0.531. The third-order valence-electron chi connectivity index (χ3n) is 3.23. The maximum Gasteiger partial charge on any atom is 0.150 e. The van der Waals surface area contributed by atoms with Crippen LogP contribution in [0.5, 0.6) is 0 Å². The maximum atomic E-state index is 5.65. The van der Waals surface area contributed by atoms with Crippen LogP contribution in [-0.2, 0) is 0 Å². The highest BCUT2D eigenvalue weighted by atomic mass is 32.1. The Morgan fingerprint density at radius 1 is 1.24 bits per heavy atom. The van der Waals surface area contributed by atoms with Crippen LogP contribution in [0.15, 0.2) is 24.3 Å². The first-order chi connectivity index (χ1) is 9.97. The van der Waals surface area contributed by atoms with E-state index in [1.54, 1.807) is 0 Å². The van der Waals surface area contributed by atoms with Gasteiger partial charge in [0.2, 0.25) is 0 Å². The van der Waals surface area contributed by atoms with Gasteiger partial charge in [-0.25, -0.2) is 9.97 Å². The van der Waals surface area contributed by atoms with E-state index in [0.717, 1.165) is 35.6 Å². The van der Waals surface area contributed by atoms with Gasteiger partial charge in [-0.2, -0.15) is 0 Å². The number of para-hydroxylation sites is 2. The van der Waals surface area contributed by atoms with E-state index in [9.17, 15) is 0 Å². The van der Waals surface area contributed by atoms with Crippen molar-refractivity contribution in [1.82, 2.24) is 9.97 Å². The highest BCUT2D eigenvalue weighted by molar-refractivity contribution is 7.80. The van der Waals surface area contributed by atoms with Crippen molar-refractivity contribution in [2.45, 2.75) is 27.2 Å². The third kappa shape index (κ3) is 4.11. The number of hydrogen-bond acceptors (Lipinski definition) is 4. The van der Waals surface area contributed by atoms with E-state index in [0.29, 0.717) is 17.3 Å². The number of nitrogens with zero attached hydrogens (tertiary/aromatic N) is 3. The van der Waals surface area contributed by atoms with E-state index in [4.69, 9.17) is 22.9 Å². The predicted molar refractivity (Wildman–Crippen MR) is 92.7 cm³/mol. The minimum Gasteiger partial charge on any atom is -0.393 e. The molecule has 2 N–H and O–H groups in total. The van der Waals surface area contributed by atoms with E-state index < -0.39 is 0 Å². The maximum absolute atomic E-state index is 5.65. The van der Waals surface area contributed by atoms with E-state index in [2.05, 4.69) is 23.7 Å². The van der Waals surface area contributed by atoms with Gasteiger partial charge in [0, 0.05) is 19.5 Å². The van der Waals surface area contributed by atoms with Gasteiger partial charge in [0.25, 0.3) is 0 Å². The summed E-state index contributed by atoms with van der Waals surface area (Å²) >= 11 is 5.00. The number of aromatic nitrogens is 2.